The summed E-state index contributed by atoms with van der Waals surface area (Å²) in [7, 11) is 0. The molecule has 2 rings (SSSR count). The summed E-state index contributed by atoms with van der Waals surface area (Å²) in [6, 6.07) is 11.1. The lowest BCUT2D eigenvalue weighted by molar-refractivity contribution is 0.0997. The van der Waals surface area contributed by atoms with E-state index in [4.69, 9.17) is 11.6 Å². The first-order valence-electron chi connectivity index (χ1n) is 4.68. The fraction of sp³-hybridized carbons (Fsp3) is 0.0833. The van der Waals surface area contributed by atoms with Crippen molar-refractivity contribution >= 4 is 44.7 Å². The van der Waals surface area contributed by atoms with E-state index < -0.39 is 0 Å². The van der Waals surface area contributed by atoms with E-state index in [2.05, 4.69) is 15.9 Å². The van der Waals surface area contributed by atoms with Gasteiger partial charge in [0.15, 0.2) is 5.78 Å². The molecule has 1 aromatic carbocycles. The van der Waals surface area contributed by atoms with Gasteiger partial charge >= 0.3 is 0 Å². The highest BCUT2D eigenvalue weighted by Crippen LogP contribution is 2.23. The number of hydrogen-bond acceptors (Lipinski definition) is 2. The number of rotatable bonds is 3. The molecule has 0 aliphatic rings. The van der Waals surface area contributed by atoms with E-state index in [-0.39, 0.29) is 5.78 Å². The van der Waals surface area contributed by atoms with Gasteiger partial charge in [0, 0.05) is 11.4 Å². The van der Waals surface area contributed by atoms with E-state index >= 15 is 0 Å². The molecule has 0 bridgehead atoms. The van der Waals surface area contributed by atoms with Crippen molar-refractivity contribution in [1.29, 1.82) is 0 Å². The smallest absolute Gasteiger partial charge is 0.177 e. The number of Topliss-reactive ketones (excluding diaryl/α,β-unsaturated/α-hetero) is 1. The number of hydrogen-bond donors (Lipinski definition) is 0. The van der Waals surface area contributed by atoms with E-state index in [0.717, 1.165) is 14.2 Å². The van der Waals surface area contributed by atoms with Crippen LogP contribution in [0.3, 0.4) is 0 Å². The highest BCUT2D eigenvalue weighted by Gasteiger charge is 2.09. The van der Waals surface area contributed by atoms with Crippen LogP contribution in [0, 0.1) is 0 Å². The van der Waals surface area contributed by atoms with Gasteiger partial charge in [-0.15, -0.1) is 11.3 Å². The Labute approximate surface area is 111 Å². The Morgan fingerprint density at radius 3 is 2.75 bits per heavy atom. The maximum atomic E-state index is 11.9. The number of thiophene rings is 1. The topological polar surface area (TPSA) is 17.1 Å². The van der Waals surface area contributed by atoms with E-state index in [1.807, 2.05) is 30.3 Å². The van der Waals surface area contributed by atoms with Gasteiger partial charge in [0.2, 0.25) is 0 Å². The monoisotopic (exact) mass is 314 g/mol. The Bertz CT molecular complexity index is 521. The standard InChI is InChI=1S/C12H8BrClOS/c13-12-5-4-11(16-12)10(15)7-8-2-1-3-9(14)6-8/h1-6H,7H2. The second-order valence-corrected chi connectivity index (χ2v) is 6.23. The van der Waals surface area contributed by atoms with Crippen LogP contribution >= 0.6 is 38.9 Å². The van der Waals surface area contributed by atoms with Crippen LogP contribution in [0.4, 0.5) is 0 Å². The van der Waals surface area contributed by atoms with Crippen LogP contribution in [0.25, 0.3) is 0 Å². The Kier molecular flexibility index (Phi) is 3.79. The van der Waals surface area contributed by atoms with Gasteiger partial charge in [0.1, 0.15) is 0 Å². The molecule has 0 saturated heterocycles. The Morgan fingerprint density at radius 1 is 1.31 bits per heavy atom. The number of ketones is 1. The van der Waals surface area contributed by atoms with Crippen molar-refractivity contribution in [1.82, 2.24) is 0 Å². The Balaban J connectivity index is 2.13. The summed E-state index contributed by atoms with van der Waals surface area (Å²) in [4.78, 5) is 12.7. The molecule has 0 fully saturated rings. The summed E-state index contributed by atoms with van der Waals surface area (Å²) in [5, 5.41) is 0.665. The largest absolute Gasteiger partial charge is 0.293 e. The van der Waals surface area contributed by atoms with Crippen LogP contribution in [0.15, 0.2) is 40.2 Å². The van der Waals surface area contributed by atoms with Crippen molar-refractivity contribution < 1.29 is 4.79 Å². The van der Waals surface area contributed by atoms with Gasteiger partial charge in [-0.05, 0) is 45.8 Å². The van der Waals surface area contributed by atoms with Crippen molar-refractivity contribution in [2.24, 2.45) is 0 Å². The third-order valence-electron chi connectivity index (χ3n) is 2.10. The quantitative estimate of drug-likeness (QED) is 0.757. The van der Waals surface area contributed by atoms with Crippen molar-refractivity contribution in [3.05, 3.63) is 55.6 Å². The third kappa shape index (κ3) is 2.94. The zero-order valence-electron chi connectivity index (χ0n) is 8.24. The molecular weight excluding hydrogens is 308 g/mol. The second-order valence-electron chi connectivity index (χ2n) is 3.33. The van der Waals surface area contributed by atoms with Crippen LogP contribution in [0.5, 0.6) is 0 Å². The summed E-state index contributed by atoms with van der Waals surface area (Å²) in [5.41, 5.74) is 0.946. The molecule has 1 heterocycles. The number of carbonyl (C=O) groups excluding carboxylic acids is 1. The minimum Gasteiger partial charge on any atom is -0.293 e. The highest BCUT2D eigenvalue weighted by molar-refractivity contribution is 9.11. The Morgan fingerprint density at radius 2 is 2.12 bits per heavy atom. The molecule has 0 radical (unpaired) electrons. The highest BCUT2D eigenvalue weighted by atomic mass is 79.9. The summed E-state index contributed by atoms with van der Waals surface area (Å²) in [5.74, 6) is 0.123. The SMILES string of the molecule is O=C(Cc1cccc(Cl)c1)c1ccc(Br)s1. The van der Waals surface area contributed by atoms with Crippen molar-refractivity contribution in [2.45, 2.75) is 6.42 Å². The molecule has 0 atom stereocenters. The van der Waals surface area contributed by atoms with Crippen LogP contribution in [0.1, 0.15) is 15.2 Å². The minimum atomic E-state index is 0.123. The van der Waals surface area contributed by atoms with Crippen LogP contribution in [-0.2, 0) is 6.42 Å². The maximum absolute atomic E-state index is 11.9. The molecule has 0 saturated carbocycles. The van der Waals surface area contributed by atoms with Gasteiger partial charge in [0.25, 0.3) is 0 Å². The van der Waals surface area contributed by atoms with E-state index in [0.29, 0.717) is 11.4 Å². The van der Waals surface area contributed by atoms with Gasteiger partial charge < -0.3 is 0 Å². The van der Waals surface area contributed by atoms with Crippen LogP contribution < -0.4 is 0 Å². The summed E-state index contributed by atoms with van der Waals surface area (Å²) >= 11 is 10.7. The number of carbonyl (C=O) groups is 1. The fourth-order valence-electron chi connectivity index (χ4n) is 1.38. The maximum Gasteiger partial charge on any atom is 0.177 e. The predicted molar refractivity (Wildman–Crippen MR) is 71.5 cm³/mol. The molecule has 4 heteroatoms. The second kappa shape index (κ2) is 5.13. The third-order valence-corrected chi connectivity index (χ3v) is 4.00. The zero-order chi connectivity index (χ0) is 11.5. The normalized spacial score (nSPS) is 10.4. The lowest BCUT2D eigenvalue weighted by atomic mass is 10.1. The van der Waals surface area contributed by atoms with Crippen LogP contribution in [0.2, 0.25) is 5.02 Å². The Hall–Kier alpha value is -0.640. The summed E-state index contributed by atoms with van der Waals surface area (Å²) in [6.07, 6.45) is 0.396. The molecule has 0 N–H and O–H groups in total. The first-order chi connectivity index (χ1) is 7.65. The molecule has 1 nitrogen and oxygen atoms in total. The summed E-state index contributed by atoms with van der Waals surface area (Å²) < 4.78 is 0.974. The molecule has 82 valence electrons. The number of benzene rings is 1. The molecule has 2 aromatic rings. The van der Waals surface area contributed by atoms with Gasteiger partial charge in [-0.1, -0.05) is 23.7 Å². The van der Waals surface area contributed by atoms with E-state index in [9.17, 15) is 4.79 Å². The fourth-order valence-corrected chi connectivity index (χ4v) is 2.92. The number of halogens is 2. The van der Waals surface area contributed by atoms with E-state index in [1.54, 1.807) is 6.07 Å². The molecular formula is C12H8BrClOS. The molecule has 0 amide bonds. The first-order valence-corrected chi connectivity index (χ1v) is 6.67. The summed E-state index contributed by atoms with van der Waals surface area (Å²) in [6.45, 7) is 0. The predicted octanol–water partition coefficient (Wildman–Crippen LogP) is 4.59. The average Bonchev–Trinajstić information content (AvgIpc) is 2.65. The van der Waals surface area contributed by atoms with Crippen molar-refractivity contribution in [3.8, 4) is 0 Å². The molecule has 1 aromatic heterocycles. The van der Waals surface area contributed by atoms with Crippen molar-refractivity contribution in [3.63, 3.8) is 0 Å². The van der Waals surface area contributed by atoms with Gasteiger partial charge in [-0.2, -0.15) is 0 Å². The van der Waals surface area contributed by atoms with Crippen LogP contribution in [-0.4, -0.2) is 5.78 Å². The average molecular weight is 316 g/mol. The molecule has 16 heavy (non-hydrogen) atoms. The molecule has 0 spiro atoms. The molecule has 0 aliphatic heterocycles. The lowest BCUT2D eigenvalue weighted by Crippen LogP contribution is -2.00. The van der Waals surface area contributed by atoms with Crippen molar-refractivity contribution in [2.75, 3.05) is 0 Å². The first kappa shape index (κ1) is 11.8. The van der Waals surface area contributed by atoms with Gasteiger partial charge in [-0.25, -0.2) is 0 Å². The van der Waals surface area contributed by atoms with Gasteiger partial charge in [0.05, 0.1) is 8.66 Å². The molecule has 0 aliphatic carbocycles. The van der Waals surface area contributed by atoms with E-state index in [1.165, 1.54) is 11.3 Å². The van der Waals surface area contributed by atoms with Gasteiger partial charge in [-0.3, -0.25) is 4.79 Å². The lowest BCUT2D eigenvalue weighted by Gasteiger charge is -1.99. The minimum absolute atomic E-state index is 0.123. The molecule has 0 unspecified atom stereocenters. The zero-order valence-corrected chi connectivity index (χ0v) is 11.4.